The normalized spacial score (nSPS) is 11.7. The van der Waals surface area contributed by atoms with Gasteiger partial charge >= 0.3 is 6.18 Å². The number of anilines is 1. The second-order valence-corrected chi connectivity index (χ2v) is 5.09. The Morgan fingerprint density at radius 1 is 1.17 bits per heavy atom. The van der Waals surface area contributed by atoms with Crippen molar-refractivity contribution >= 4 is 34.3 Å². The zero-order chi connectivity index (χ0) is 16.6. The number of benzene rings is 2. The van der Waals surface area contributed by atoms with Crippen LogP contribution in [0.3, 0.4) is 0 Å². The molecule has 0 aliphatic carbocycles. The fourth-order valence-corrected chi connectivity index (χ4v) is 2.16. The summed E-state index contributed by atoms with van der Waals surface area (Å²) >= 11 is 5.85. The number of hydrogen-bond donors (Lipinski definition) is 1. The summed E-state index contributed by atoms with van der Waals surface area (Å²) in [5, 5.41) is 2.37. The molecular formula is C15H8ClF3N2O2. The summed E-state index contributed by atoms with van der Waals surface area (Å²) < 4.78 is 43.2. The summed E-state index contributed by atoms with van der Waals surface area (Å²) in [5.74, 6) is -0.601. The average Bonchev–Trinajstić information content (AvgIpc) is 2.95. The number of carbonyl (C=O) groups is 1. The summed E-state index contributed by atoms with van der Waals surface area (Å²) in [6.07, 6.45) is -3.29. The van der Waals surface area contributed by atoms with Crippen LogP contribution in [0.2, 0.25) is 5.02 Å². The van der Waals surface area contributed by atoms with E-state index in [9.17, 15) is 18.0 Å². The molecule has 118 valence electrons. The highest BCUT2D eigenvalue weighted by Crippen LogP contribution is 2.34. The number of halogens is 4. The fraction of sp³-hybridized carbons (Fsp3) is 0.0667. The Morgan fingerprint density at radius 3 is 2.70 bits per heavy atom. The van der Waals surface area contributed by atoms with Gasteiger partial charge in [0.25, 0.3) is 5.91 Å². The van der Waals surface area contributed by atoms with Gasteiger partial charge in [0.2, 0.25) is 0 Å². The van der Waals surface area contributed by atoms with Crippen LogP contribution in [0.25, 0.3) is 11.1 Å². The molecule has 1 N–H and O–H groups in total. The van der Waals surface area contributed by atoms with Crippen LogP contribution < -0.4 is 5.32 Å². The largest absolute Gasteiger partial charge is 0.443 e. The maximum Gasteiger partial charge on any atom is 0.416 e. The number of hydrogen-bond acceptors (Lipinski definition) is 3. The fourth-order valence-electron chi connectivity index (χ4n) is 1.99. The highest BCUT2D eigenvalue weighted by molar-refractivity contribution is 6.34. The Balaban J connectivity index is 1.90. The molecule has 2 aromatic carbocycles. The smallest absolute Gasteiger partial charge is 0.416 e. The van der Waals surface area contributed by atoms with Gasteiger partial charge in [0.1, 0.15) is 5.52 Å². The van der Waals surface area contributed by atoms with E-state index in [-0.39, 0.29) is 16.3 Å². The molecule has 0 aliphatic heterocycles. The third-order valence-corrected chi connectivity index (χ3v) is 3.46. The first-order valence-corrected chi connectivity index (χ1v) is 6.74. The lowest BCUT2D eigenvalue weighted by atomic mass is 10.1. The molecule has 8 heteroatoms. The molecule has 1 aromatic heterocycles. The molecule has 3 aromatic rings. The van der Waals surface area contributed by atoms with E-state index in [1.165, 1.54) is 18.5 Å². The van der Waals surface area contributed by atoms with Crippen molar-refractivity contribution in [3.8, 4) is 0 Å². The second kappa shape index (κ2) is 5.58. The monoisotopic (exact) mass is 340 g/mol. The predicted octanol–water partition coefficient (Wildman–Crippen LogP) is 4.75. The molecular weight excluding hydrogens is 333 g/mol. The zero-order valence-electron chi connectivity index (χ0n) is 11.3. The molecule has 0 radical (unpaired) electrons. The molecule has 0 unspecified atom stereocenters. The van der Waals surface area contributed by atoms with Gasteiger partial charge in [-0.05, 0) is 36.4 Å². The van der Waals surface area contributed by atoms with Crippen LogP contribution in [-0.4, -0.2) is 10.9 Å². The average molecular weight is 341 g/mol. The molecule has 23 heavy (non-hydrogen) atoms. The van der Waals surface area contributed by atoms with E-state index in [2.05, 4.69) is 10.3 Å². The van der Waals surface area contributed by atoms with Gasteiger partial charge < -0.3 is 9.73 Å². The minimum absolute atomic E-state index is 0.00821. The molecule has 0 atom stereocenters. The van der Waals surface area contributed by atoms with Crippen LogP contribution in [0.1, 0.15) is 15.9 Å². The Bertz CT molecular complexity index is 890. The molecule has 1 amide bonds. The predicted molar refractivity (Wildman–Crippen MR) is 78.4 cm³/mol. The molecule has 4 nitrogen and oxygen atoms in total. The standard InChI is InChI=1S/C15H8ClF3N2O2/c16-10-3-2-9(15(17,18)19)6-11(10)21-14(22)8-1-4-13-12(5-8)20-7-23-13/h1-7H,(H,21,22). The highest BCUT2D eigenvalue weighted by atomic mass is 35.5. The van der Waals surface area contributed by atoms with Crippen molar-refractivity contribution in [1.82, 2.24) is 4.98 Å². The van der Waals surface area contributed by atoms with Gasteiger partial charge in [-0.25, -0.2) is 4.98 Å². The van der Waals surface area contributed by atoms with Crippen molar-refractivity contribution in [3.05, 3.63) is 58.9 Å². The number of nitrogens with one attached hydrogen (secondary N) is 1. The summed E-state index contributed by atoms with van der Waals surface area (Å²) in [7, 11) is 0. The summed E-state index contributed by atoms with van der Waals surface area (Å²) in [5.41, 5.74) is 0.169. The number of fused-ring (bicyclic) bond motifs is 1. The van der Waals surface area contributed by atoms with Gasteiger partial charge in [-0.1, -0.05) is 11.6 Å². The number of carbonyl (C=O) groups excluding carboxylic acids is 1. The molecule has 0 saturated carbocycles. The molecule has 0 spiro atoms. The van der Waals surface area contributed by atoms with E-state index in [1.807, 2.05) is 0 Å². The Morgan fingerprint density at radius 2 is 1.96 bits per heavy atom. The third kappa shape index (κ3) is 3.14. The minimum atomic E-state index is -4.52. The van der Waals surface area contributed by atoms with E-state index in [0.717, 1.165) is 18.2 Å². The number of oxazole rings is 1. The maximum atomic E-state index is 12.7. The number of alkyl halides is 3. The zero-order valence-corrected chi connectivity index (χ0v) is 12.1. The minimum Gasteiger partial charge on any atom is -0.443 e. The van der Waals surface area contributed by atoms with Gasteiger partial charge in [0.15, 0.2) is 12.0 Å². The van der Waals surface area contributed by atoms with Crippen LogP contribution in [0.4, 0.5) is 18.9 Å². The van der Waals surface area contributed by atoms with E-state index < -0.39 is 17.6 Å². The lowest BCUT2D eigenvalue weighted by molar-refractivity contribution is -0.137. The SMILES string of the molecule is O=C(Nc1cc(C(F)(F)F)ccc1Cl)c1ccc2ocnc2c1. The van der Waals surface area contributed by atoms with Gasteiger partial charge in [0.05, 0.1) is 16.3 Å². The number of amides is 1. The Labute approximate surface area is 132 Å². The molecule has 0 saturated heterocycles. The van der Waals surface area contributed by atoms with Crippen molar-refractivity contribution in [2.45, 2.75) is 6.18 Å². The van der Waals surface area contributed by atoms with E-state index in [4.69, 9.17) is 16.0 Å². The second-order valence-electron chi connectivity index (χ2n) is 4.68. The van der Waals surface area contributed by atoms with Crippen molar-refractivity contribution < 1.29 is 22.4 Å². The van der Waals surface area contributed by atoms with Crippen LogP contribution in [0, 0.1) is 0 Å². The maximum absolute atomic E-state index is 12.7. The van der Waals surface area contributed by atoms with E-state index in [0.29, 0.717) is 11.1 Å². The third-order valence-electron chi connectivity index (χ3n) is 3.13. The molecule has 1 heterocycles. The highest BCUT2D eigenvalue weighted by Gasteiger charge is 2.31. The number of rotatable bonds is 2. The van der Waals surface area contributed by atoms with Crippen LogP contribution in [0.5, 0.6) is 0 Å². The first-order valence-electron chi connectivity index (χ1n) is 6.36. The first-order chi connectivity index (χ1) is 10.8. The van der Waals surface area contributed by atoms with Gasteiger partial charge in [-0.3, -0.25) is 4.79 Å². The van der Waals surface area contributed by atoms with Crippen LogP contribution >= 0.6 is 11.6 Å². The summed E-state index contributed by atoms with van der Waals surface area (Å²) in [6, 6.07) is 7.21. The van der Waals surface area contributed by atoms with Gasteiger partial charge in [-0.15, -0.1) is 0 Å². The Kier molecular flexibility index (Phi) is 3.73. The molecule has 0 aliphatic rings. The van der Waals surface area contributed by atoms with Gasteiger partial charge in [0, 0.05) is 5.56 Å². The van der Waals surface area contributed by atoms with Crippen molar-refractivity contribution in [3.63, 3.8) is 0 Å². The number of aromatic nitrogens is 1. The molecule has 0 fully saturated rings. The van der Waals surface area contributed by atoms with E-state index >= 15 is 0 Å². The lowest BCUT2D eigenvalue weighted by Gasteiger charge is -2.11. The van der Waals surface area contributed by atoms with Gasteiger partial charge in [-0.2, -0.15) is 13.2 Å². The molecule has 3 rings (SSSR count). The van der Waals surface area contributed by atoms with Crippen LogP contribution in [-0.2, 0) is 6.18 Å². The van der Waals surface area contributed by atoms with Crippen molar-refractivity contribution in [2.75, 3.05) is 5.32 Å². The first kappa shape index (κ1) is 15.4. The van der Waals surface area contributed by atoms with Crippen molar-refractivity contribution in [1.29, 1.82) is 0 Å². The Hall–Kier alpha value is -2.54. The quantitative estimate of drug-likeness (QED) is 0.732. The summed E-state index contributed by atoms with van der Waals surface area (Å²) in [4.78, 5) is 16.1. The lowest BCUT2D eigenvalue weighted by Crippen LogP contribution is -2.13. The number of nitrogens with zero attached hydrogens (tertiary/aromatic N) is 1. The van der Waals surface area contributed by atoms with Crippen LogP contribution in [0.15, 0.2) is 47.2 Å². The van der Waals surface area contributed by atoms with E-state index in [1.54, 1.807) is 6.07 Å². The topological polar surface area (TPSA) is 55.1 Å². The van der Waals surface area contributed by atoms with Crippen molar-refractivity contribution in [2.24, 2.45) is 0 Å². The summed E-state index contributed by atoms with van der Waals surface area (Å²) in [6.45, 7) is 0. The molecule has 0 bridgehead atoms.